The zero-order valence-electron chi connectivity index (χ0n) is 8.60. The molecule has 0 spiro atoms. The Kier molecular flexibility index (Phi) is 3.08. The van der Waals surface area contributed by atoms with Gasteiger partial charge in [-0.2, -0.15) is 0 Å². The Balaban J connectivity index is 2.00. The lowest BCUT2D eigenvalue weighted by Gasteiger charge is -2.17. The number of aromatic nitrogens is 3. The summed E-state index contributed by atoms with van der Waals surface area (Å²) >= 11 is 1.84. The van der Waals surface area contributed by atoms with Gasteiger partial charge < -0.3 is 9.88 Å². The van der Waals surface area contributed by atoms with Gasteiger partial charge in [0.2, 0.25) is 0 Å². The molecule has 1 aromatic rings. The van der Waals surface area contributed by atoms with E-state index in [-0.39, 0.29) is 0 Å². The highest BCUT2D eigenvalue weighted by atomic mass is 32.2. The molecule has 5 heteroatoms. The van der Waals surface area contributed by atoms with Crippen LogP contribution in [0.4, 0.5) is 0 Å². The minimum absolute atomic E-state index is 0.636. The lowest BCUT2D eigenvalue weighted by atomic mass is 10.2. The Morgan fingerprint density at radius 2 is 2.43 bits per heavy atom. The molecule has 2 rings (SSSR count). The summed E-state index contributed by atoms with van der Waals surface area (Å²) in [5.74, 6) is 0. The second-order valence-corrected chi connectivity index (χ2v) is 4.91. The third-order valence-electron chi connectivity index (χ3n) is 2.75. The molecular formula is C9H16N4S. The summed E-state index contributed by atoms with van der Waals surface area (Å²) < 4.78 is 1.98. The molecule has 1 aromatic heterocycles. The molecule has 1 fully saturated rings. The molecule has 0 aliphatic heterocycles. The highest BCUT2D eigenvalue weighted by molar-refractivity contribution is 7.99. The number of nitrogens with one attached hydrogen (secondary N) is 1. The summed E-state index contributed by atoms with van der Waals surface area (Å²) in [4.78, 5) is 0. The van der Waals surface area contributed by atoms with E-state index in [1.54, 1.807) is 6.33 Å². The third-order valence-corrected chi connectivity index (χ3v) is 4.20. The van der Waals surface area contributed by atoms with Gasteiger partial charge in [-0.15, -0.1) is 10.2 Å². The molecule has 1 saturated carbocycles. The Bertz CT molecular complexity index is 299. The van der Waals surface area contributed by atoms with Crippen molar-refractivity contribution in [1.82, 2.24) is 20.1 Å². The molecule has 2 atom stereocenters. The summed E-state index contributed by atoms with van der Waals surface area (Å²) in [7, 11) is 4.03. The highest BCUT2D eigenvalue weighted by Crippen LogP contribution is 2.33. The van der Waals surface area contributed by atoms with Crippen molar-refractivity contribution >= 4 is 11.8 Å². The molecule has 0 amide bonds. The van der Waals surface area contributed by atoms with Gasteiger partial charge in [-0.1, -0.05) is 18.2 Å². The van der Waals surface area contributed by atoms with Crippen LogP contribution in [0.15, 0.2) is 11.5 Å². The van der Waals surface area contributed by atoms with Gasteiger partial charge in [-0.3, -0.25) is 0 Å². The number of hydrogen-bond donors (Lipinski definition) is 1. The standard InChI is InChI=1S/C9H16N4S/c1-10-7-4-3-5-8(7)14-9-12-11-6-13(9)2/h6-8,10H,3-5H2,1-2H3. The van der Waals surface area contributed by atoms with Gasteiger partial charge in [0, 0.05) is 18.3 Å². The van der Waals surface area contributed by atoms with Crippen LogP contribution >= 0.6 is 11.8 Å². The molecular weight excluding hydrogens is 196 g/mol. The van der Waals surface area contributed by atoms with Crippen LogP contribution in [0.5, 0.6) is 0 Å². The second-order valence-electron chi connectivity index (χ2n) is 3.71. The molecule has 0 aromatic carbocycles. The number of hydrogen-bond acceptors (Lipinski definition) is 4. The van der Waals surface area contributed by atoms with E-state index >= 15 is 0 Å². The Hall–Kier alpha value is -0.550. The molecule has 0 bridgehead atoms. The van der Waals surface area contributed by atoms with Crippen LogP contribution < -0.4 is 5.32 Å². The van der Waals surface area contributed by atoms with Crippen molar-refractivity contribution in [2.24, 2.45) is 7.05 Å². The molecule has 2 unspecified atom stereocenters. The van der Waals surface area contributed by atoms with Gasteiger partial charge in [0.25, 0.3) is 0 Å². The number of aryl methyl sites for hydroxylation is 1. The molecule has 1 aliphatic rings. The van der Waals surface area contributed by atoms with Gasteiger partial charge >= 0.3 is 0 Å². The Labute approximate surface area is 88.5 Å². The molecule has 1 aliphatic carbocycles. The van der Waals surface area contributed by atoms with Gasteiger partial charge in [-0.25, -0.2) is 0 Å². The predicted molar refractivity (Wildman–Crippen MR) is 57.3 cm³/mol. The van der Waals surface area contributed by atoms with E-state index in [2.05, 4.69) is 15.5 Å². The Morgan fingerprint density at radius 3 is 3.07 bits per heavy atom. The fourth-order valence-electron chi connectivity index (χ4n) is 1.91. The van der Waals surface area contributed by atoms with Crippen molar-refractivity contribution in [1.29, 1.82) is 0 Å². The first kappa shape index (κ1) is 9.98. The summed E-state index contributed by atoms with van der Waals surface area (Å²) in [6.45, 7) is 0. The van der Waals surface area contributed by atoms with Crippen molar-refractivity contribution in [3.63, 3.8) is 0 Å². The van der Waals surface area contributed by atoms with Crippen LogP contribution in [0.25, 0.3) is 0 Å². The SMILES string of the molecule is CNC1CCCC1Sc1nncn1C. The first-order valence-corrected chi connectivity index (χ1v) is 5.87. The third kappa shape index (κ3) is 1.93. The average molecular weight is 212 g/mol. The van der Waals surface area contributed by atoms with Crippen LogP contribution in [-0.4, -0.2) is 33.1 Å². The number of nitrogens with zero attached hydrogens (tertiary/aromatic N) is 3. The van der Waals surface area contributed by atoms with E-state index in [1.165, 1.54) is 19.3 Å². The van der Waals surface area contributed by atoms with E-state index in [1.807, 2.05) is 30.4 Å². The number of thioether (sulfide) groups is 1. The quantitative estimate of drug-likeness (QED) is 0.813. The van der Waals surface area contributed by atoms with Crippen LogP contribution in [0.3, 0.4) is 0 Å². The molecule has 78 valence electrons. The van der Waals surface area contributed by atoms with E-state index < -0.39 is 0 Å². The first-order valence-electron chi connectivity index (χ1n) is 4.99. The van der Waals surface area contributed by atoms with Crippen molar-refractivity contribution in [2.75, 3.05) is 7.05 Å². The van der Waals surface area contributed by atoms with Crippen molar-refractivity contribution in [2.45, 2.75) is 35.7 Å². The molecule has 0 saturated heterocycles. The average Bonchev–Trinajstić information content (AvgIpc) is 2.77. The maximum atomic E-state index is 4.10. The second kappa shape index (κ2) is 4.31. The van der Waals surface area contributed by atoms with Gasteiger partial charge in [0.05, 0.1) is 0 Å². The summed E-state index contributed by atoms with van der Waals surface area (Å²) in [5.41, 5.74) is 0. The van der Waals surface area contributed by atoms with Crippen molar-refractivity contribution in [3.8, 4) is 0 Å². The fraction of sp³-hybridized carbons (Fsp3) is 0.778. The number of rotatable bonds is 3. The predicted octanol–water partition coefficient (Wildman–Crippen LogP) is 1.05. The fourth-order valence-corrected chi connectivity index (χ4v) is 3.21. The smallest absolute Gasteiger partial charge is 0.191 e. The minimum Gasteiger partial charge on any atom is -0.316 e. The van der Waals surface area contributed by atoms with Gasteiger partial charge in [0.15, 0.2) is 5.16 Å². The molecule has 1 heterocycles. The lowest BCUT2D eigenvalue weighted by Crippen LogP contribution is -2.30. The Morgan fingerprint density at radius 1 is 1.57 bits per heavy atom. The van der Waals surface area contributed by atoms with E-state index in [4.69, 9.17) is 0 Å². The highest BCUT2D eigenvalue weighted by Gasteiger charge is 2.27. The first-order chi connectivity index (χ1) is 6.81. The van der Waals surface area contributed by atoms with Gasteiger partial charge in [-0.05, 0) is 19.9 Å². The molecule has 0 radical (unpaired) electrons. The van der Waals surface area contributed by atoms with Crippen molar-refractivity contribution in [3.05, 3.63) is 6.33 Å². The van der Waals surface area contributed by atoms with E-state index in [0.29, 0.717) is 11.3 Å². The largest absolute Gasteiger partial charge is 0.316 e. The minimum atomic E-state index is 0.636. The lowest BCUT2D eigenvalue weighted by molar-refractivity contribution is 0.590. The topological polar surface area (TPSA) is 42.7 Å². The normalized spacial score (nSPS) is 27.0. The monoisotopic (exact) mass is 212 g/mol. The zero-order valence-corrected chi connectivity index (χ0v) is 9.42. The van der Waals surface area contributed by atoms with Crippen molar-refractivity contribution < 1.29 is 0 Å². The van der Waals surface area contributed by atoms with Crippen LogP contribution in [0.2, 0.25) is 0 Å². The van der Waals surface area contributed by atoms with E-state index in [0.717, 1.165) is 5.16 Å². The molecule has 14 heavy (non-hydrogen) atoms. The molecule has 4 nitrogen and oxygen atoms in total. The van der Waals surface area contributed by atoms with Crippen LogP contribution in [0.1, 0.15) is 19.3 Å². The molecule has 1 N–H and O–H groups in total. The van der Waals surface area contributed by atoms with Crippen LogP contribution in [-0.2, 0) is 7.05 Å². The van der Waals surface area contributed by atoms with Crippen LogP contribution in [0, 0.1) is 0 Å². The maximum absolute atomic E-state index is 4.10. The summed E-state index contributed by atoms with van der Waals surface area (Å²) in [5, 5.41) is 13.0. The summed E-state index contributed by atoms with van der Waals surface area (Å²) in [6.07, 6.45) is 5.64. The van der Waals surface area contributed by atoms with Gasteiger partial charge in [0.1, 0.15) is 6.33 Å². The zero-order chi connectivity index (χ0) is 9.97. The summed E-state index contributed by atoms with van der Waals surface area (Å²) in [6, 6.07) is 0.636. The van der Waals surface area contributed by atoms with E-state index in [9.17, 15) is 0 Å². The maximum Gasteiger partial charge on any atom is 0.191 e.